The lowest BCUT2D eigenvalue weighted by molar-refractivity contribution is 0.0570. The average molecular weight is 515 g/mol. The van der Waals surface area contributed by atoms with Crippen LogP contribution < -0.4 is 4.74 Å². The van der Waals surface area contributed by atoms with Gasteiger partial charge in [-0.25, -0.2) is 13.2 Å². The molecule has 5 heteroatoms. The number of rotatable bonds is 6. The molecule has 5 rings (SSSR count). The minimum atomic E-state index is -1.12. The van der Waals surface area contributed by atoms with Crippen molar-refractivity contribution in [3.05, 3.63) is 52.8 Å². The third kappa shape index (κ3) is 5.57. The molecule has 2 saturated carbocycles. The molecule has 1 heterocycles. The Kier molecular flexibility index (Phi) is 8.19. The van der Waals surface area contributed by atoms with Crippen LogP contribution in [0.25, 0.3) is 11.1 Å². The van der Waals surface area contributed by atoms with Crippen molar-refractivity contribution < 1.29 is 23.0 Å². The van der Waals surface area contributed by atoms with E-state index in [2.05, 4.69) is 6.92 Å². The Morgan fingerprint density at radius 3 is 2.16 bits per heavy atom. The Morgan fingerprint density at radius 2 is 1.51 bits per heavy atom. The van der Waals surface area contributed by atoms with E-state index in [0.717, 1.165) is 37.0 Å². The summed E-state index contributed by atoms with van der Waals surface area (Å²) in [5.41, 5.74) is 0.890. The highest BCUT2D eigenvalue weighted by atomic mass is 19.2. The molecule has 2 aromatic carbocycles. The van der Waals surface area contributed by atoms with Crippen molar-refractivity contribution in [3.8, 4) is 16.9 Å². The van der Waals surface area contributed by atoms with Gasteiger partial charge in [0, 0.05) is 11.1 Å². The highest BCUT2D eigenvalue weighted by Crippen LogP contribution is 2.45. The molecular formula is C32H41F3O2. The van der Waals surface area contributed by atoms with Gasteiger partial charge in [0.05, 0.1) is 6.10 Å². The standard InChI is InChI=1S/C32H41F3O2/c1-3-4-20-5-7-21(8-6-20)22-9-11-23(12-10-22)29-16-13-24-17-25(18-28(33)32(24)37-29)27-15-14-26(19(2)36)30(34)31(27)35/h14-15,17-23,29,36H,3-13,16H2,1-2H3. The minimum absolute atomic E-state index is 0.00669. The predicted molar refractivity (Wildman–Crippen MR) is 141 cm³/mol. The summed E-state index contributed by atoms with van der Waals surface area (Å²) >= 11 is 0. The lowest BCUT2D eigenvalue weighted by atomic mass is 9.67. The Morgan fingerprint density at radius 1 is 0.865 bits per heavy atom. The van der Waals surface area contributed by atoms with Gasteiger partial charge in [0.2, 0.25) is 0 Å². The summed E-state index contributed by atoms with van der Waals surface area (Å²) in [5, 5.41) is 9.65. The molecule has 202 valence electrons. The van der Waals surface area contributed by atoms with Gasteiger partial charge in [-0.15, -0.1) is 0 Å². The maximum atomic E-state index is 15.2. The van der Waals surface area contributed by atoms with Crippen LogP contribution in [0.3, 0.4) is 0 Å². The highest BCUT2D eigenvalue weighted by Gasteiger charge is 2.36. The molecule has 2 unspecified atom stereocenters. The fraction of sp³-hybridized carbons (Fsp3) is 0.625. The van der Waals surface area contributed by atoms with Crippen LogP contribution >= 0.6 is 0 Å². The second-order valence-electron chi connectivity index (χ2n) is 11.9. The number of aryl methyl sites for hydroxylation is 1. The van der Waals surface area contributed by atoms with Gasteiger partial charge in [-0.3, -0.25) is 0 Å². The van der Waals surface area contributed by atoms with E-state index < -0.39 is 23.6 Å². The number of aliphatic hydroxyl groups excluding tert-OH is 1. The number of aliphatic hydroxyl groups is 1. The molecule has 3 aliphatic rings. The van der Waals surface area contributed by atoms with Crippen molar-refractivity contribution >= 4 is 0 Å². The minimum Gasteiger partial charge on any atom is -0.487 e. The largest absolute Gasteiger partial charge is 0.487 e. The van der Waals surface area contributed by atoms with Crippen LogP contribution in [-0.2, 0) is 6.42 Å². The summed E-state index contributed by atoms with van der Waals surface area (Å²) in [6, 6.07) is 5.73. The van der Waals surface area contributed by atoms with Crippen LogP contribution in [0.4, 0.5) is 13.2 Å². The third-order valence-corrected chi connectivity index (χ3v) is 9.56. The van der Waals surface area contributed by atoms with E-state index in [1.807, 2.05) is 0 Å². The van der Waals surface area contributed by atoms with Crippen LogP contribution in [0.2, 0.25) is 0 Å². The van der Waals surface area contributed by atoms with Crippen molar-refractivity contribution in [1.29, 1.82) is 0 Å². The molecule has 0 saturated heterocycles. The van der Waals surface area contributed by atoms with E-state index in [9.17, 15) is 13.9 Å². The van der Waals surface area contributed by atoms with Gasteiger partial charge in [-0.1, -0.05) is 44.7 Å². The Hall–Kier alpha value is -2.01. The fourth-order valence-corrected chi connectivity index (χ4v) is 7.42. The third-order valence-electron chi connectivity index (χ3n) is 9.56. The Balaban J connectivity index is 1.22. The van der Waals surface area contributed by atoms with Gasteiger partial charge in [0.15, 0.2) is 23.2 Å². The quantitative estimate of drug-likeness (QED) is 0.417. The summed E-state index contributed by atoms with van der Waals surface area (Å²) in [4.78, 5) is 0. The van der Waals surface area contributed by atoms with Crippen LogP contribution in [0.1, 0.15) is 102 Å². The van der Waals surface area contributed by atoms with E-state index in [1.165, 1.54) is 76.5 Å². The van der Waals surface area contributed by atoms with Gasteiger partial charge in [0.25, 0.3) is 0 Å². The first-order chi connectivity index (χ1) is 17.9. The predicted octanol–water partition coefficient (Wildman–Crippen LogP) is 8.93. The van der Waals surface area contributed by atoms with Crippen LogP contribution in [-0.4, -0.2) is 11.2 Å². The number of hydrogen-bond donors (Lipinski definition) is 1. The number of fused-ring (bicyclic) bond motifs is 1. The molecule has 2 atom stereocenters. The normalized spacial score (nSPS) is 28.9. The summed E-state index contributed by atoms with van der Waals surface area (Å²) in [6.45, 7) is 3.68. The van der Waals surface area contributed by atoms with E-state index in [1.54, 1.807) is 6.07 Å². The zero-order valence-corrected chi connectivity index (χ0v) is 22.2. The first-order valence-corrected chi connectivity index (χ1v) is 14.5. The van der Waals surface area contributed by atoms with Crippen molar-refractivity contribution in [1.82, 2.24) is 0 Å². The molecule has 0 radical (unpaired) electrons. The van der Waals surface area contributed by atoms with Gasteiger partial charge < -0.3 is 9.84 Å². The molecule has 2 fully saturated rings. The lowest BCUT2D eigenvalue weighted by Crippen LogP contribution is -2.35. The number of ether oxygens (including phenoxy) is 1. The van der Waals surface area contributed by atoms with Crippen molar-refractivity contribution in [2.45, 2.75) is 103 Å². The van der Waals surface area contributed by atoms with Crippen molar-refractivity contribution in [2.24, 2.45) is 23.7 Å². The zero-order valence-electron chi connectivity index (χ0n) is 22.2. The molecule has 2 aliphatic carbocycles. The second kappa shape index (κ2) is 11.4. The van der Waals surface area contributed by atoms with Gasteiger partial charge in [-0.2, -0.15) is 0 Å². The number of benzene rings is 2. The summed E-state index contributed by atoms with van der Waals surface area (Å²) in [6.07, 6.45) is 13.5. The first-order valence-electron chi connectivity index (χ1n) is 14.5. The molecule has 2 nitrogen and oxygen atoms in total. The molecule has 37 heavy (non-hydrogen) atoms. The van der Waals surface area contributed by atoms with Crippen LogP contribution in [0.15, 0.2) is 24.3 Å². The zero-order chi connectivity index (χ0) is 26.1. The average Bonchev–Trinajstić information content (AvgIpc) is 2.90. The first kappa shape index (κ1) is 26.6. The monoisotopic (exact) mass is 514 g/mol. The topological polar surface area (TPSA) is 29.5 Å². The van der Waals surface area contributed by atoms with Gasteiger partial charge in [-0.05, 0) is 105 Å². The van der Waals surface area contributed by atoms with E-state index >= 15 is 4.39 Å². The number of halogens is 3. The second-order valence-corrected chi connectivity index (χ2v) is 11.9. The molecule has 2 aromatic rings. The van der Waals surface area contributed by atoms with Crippen LogP contribution in [0.5, 0.6) is 5.75 Å². The smallest absolute Gasteiger partial charge is 0.167 e. The molecule has 0 amide bonds. The maximum Gasteiger partial charge on any atom is 0.167 e. The molecule has 1 aliphatic heterocycles. The summed E-state index contributed by atoms with van der Waals surface area (Å²) in [7, 11) is 0. The van der Waals surface area contributed by atoms with Gasteiger partial charge in [0.1, 0.15) is 6.10 Å². The SMILES string of the molecule is CCCC1CCC(C2CCC(C3CCc4cc(-c5ccc(C(C)O)c(F)c5F)cc(F)c4O3)CC2)CC1. The molecule has 0 aromatic heterocycles. The van der Waals surface area contributed by atoms with E-state index in [-0.39, 0.29) is 23.0 Å². The fourth-order valence-electron chi connectivity index (χ4n) is 7.42. The van der Waals surface area contributed by atoms with E-state index in [4.69, 9.17) is 4.74 Å². The summed E-state index contributed by atoms with van der Waals surface area (Å²) < 4.78 is 50.6. The highest BCUT2D eigenvalue weighted by molar-refractivity contribution is 5.67. The van der Waals surface area contributed by atoms with E-state index in [0.29, 0.717) is 23.5 Å². The Labute approximate surface area is 219 Å². The Bertz CT molecular complexity index is 1080. The van der Waals surface area contributed by atoms with Crippen molar-refractivity contribution in [3.63, 3.8) is 0 Å². The van der Waals surface area contributed by atoms with Crippen molar-refractivity contribution in [2.75, 3.05) is 0 Å². The molecular weight excluding hydrogens is 473 g/mol. The van der Waals surface area contributed by atoms with Gasteiger partial charge >= 0.3 is 0 Å². The lowest BCUT2D eigenvalue weighted by Gasteiger charge is -2.40. The summed E-state index contributed by atoms with van der Waals surface area (Å²) in [5.74, 6) is 0.728. The molecule has 1 N–H and O–H groups in total. The van der Waals surface area contributed by atoms with Crippen LogP contribution in [0, 0.1) is 41.1 Å². The maximum absolute atomic E-state index is 15.2. The molecule has 0 bridgehead atoms. The molecule has 0 spiro atoms. The number of hydrogen-bond acceptors (Lipinski definition) is 2.